The van der Waals surface area contributed by atoms with Crippen LogP contribution in [-0.4, -0.2) is 23.2 Å². The number of carbonyl (C=O) groups excluding carboxylic acids is 1. The van der Waals surface area contributed by atoms with Gasteiger partial charge in [-0.3, -0.25) is 4.79 Å². The van der Waals surface area contributed by atoms with Crippen molar-refractivity contribution in [2.75, 3.05) is 11.8 Å². The molecule has 1 N–H and O–H groups in total. The van der Waals surface area contributed by atoms with Crippen molar-refractivity contribution in [1.29, 1.82) is 0 Å². The highest BCUT2D eigenvalue weighted by atomic mass is 35.5. The summed E-state index contributed by atoms with van der Waals surface area (Å²) in [5, 5.41) is 2.95. The third kappa shape index (κ3) is 5.40. The summed E-state index contributed by atoms with van der Waals surface area (Å²) in [7, 11) is 0. The van der Waals surface area contributed by atoms with Gasteiger partial charge in [0.2, 0.25) is 5.91 Å². The van der Waals surface area contributed by atoms with Gasteiger partial charge in [-0.1, -0.05) is 26.7 Å². The third-order valence-electron chi connectivity index (χ3n) is 2.78. The Labute approximate surface area is 109 Å². The average Bonchev–Trinajstić information content (AvgIpc) is 2.29. The van der Waals surface area contributed by atoms with Crippen LogP contribution in [0, 0.1) is 5.92 Å². The smallest absolute Gasteiger partial charge is 0.223 e. The number of nitrogens with one attached hydrogen (secondary N) is 1. The Morgan fingerprint density at radius 1 is 1.31 bits per heavy atom. The summed E-state index contributed by atoms with van der Waals surface area (Å²) in [4.78, 5) is 12.0. The Bertz CT molecular complexity index is 205. The molecule has 0 aromatic heterocycles. The van der Waals surface area contributed by atoms with E-state index in [9.17, 15) is 4.79 Å². The Balaban J connectivity index is 4.29. The Morgan fingerprint density at radius 2 is 1.88 bits per heavy atom. The summed E-state index contributed by atoms with van der Waals surface area (Å²) in [5.41, 5.74) is -0.486. The number of unbranched alkanes of at least 4 members (excludes halogenated alkanes) is 1. The molecule has 0 rings (SSSR count). The summed E-state index contributed by atoms with van der Waals surface area (Å²) in [6.45, 7) is 6.04. The first-order valence-corrected chi connectivity index (χ1v) is 7.03. The van der Waals surface area contributed by atoms with E-state index in [1.54, 1.807) is 0 Å². The van der Waals surface area contributed by atoms with E-state index in [2.05, 4.69) is 12.2 Å². The first-order valence-electron chi connectivity index (χ1n) is 5.97. The number of halogens is 2. The molecule has 0 fully saturated rings. The molecular formula is C12H23Cl2NO. The maximum atomic E-state index is 12.0. The maximum absolute atomic E-state index is 12.0. The van der Waals surface area contributed by atoms with E-state index in [0.717, 1.165) is 25.7 Å². The predicted molar refractivity (Wildman–Crippen MR) is 71.3 cm³/mol. The largest absolute Gasteiger partial charge is 0.348 e. The molecule has 0 saturated heterocycles. The van der Waals surface area contributed by atoms with E-state index < -0.39 is 5.54 Å². The molecule has 16 heavy (non-hydrogen) atoms. The lowest BCUT2D eigenvalue weighted by molar-refractivity contribution is -0.126. The Hall–Kier alpha value is 0.0500. The van der Waals surface area contributed by atoms with Gasteiger partial charge >= 0.3 is 0 Å². The van der Waals surface area contributed by atoms with Gasteiger partial charge in [0.25, 0.3) is 0 Å². The van der Waals surface area contributed by atoms with Crippen LogP contribution in [-0.2, 0) is 4.79 Å². The van der Waals surface area contributed by atoms with Crippen molar-refractivity contribution in [3.05, 3.63) is 0 Å². The van der Waals surface area contributed by atoms with Gasteiger partial charge in [0.05, 0.1) is 5.54 Å². The SMILES string of the molecule is CCCCC(CC)C(=O)NC(C)(CCl)CCl. The zero-order valence-corrected chi connectivity index (χ0v) is 12.0. The van der Waals surface area contributed by atoms with Crippen LogP contribution in [0.25, 0.3) is 0 Å². The second kappa shape index (κ2) is 8.19. The molecule has 2 nitrogen and oxygen atoms in total. The minimum absolute atomic E-state index is 0.0831. The van der Waals surface area contributed by atoms with Crippen LogP contribution in [0.15, 0.2) is 0 Å². The monoisotopic (exact) mass is 267 g/mol. The molecule has 1 amide bonds. The fourth-order valence-corrected chi connectivity index (χ4v) is 1.89. The molecule has 0 radical (unpaired) electrons. The second-order valence-corrected chi connectivity index (χ2v) is 5.10. The van der Waals surface area contributed by atoms with E-state index in [4.69, 9.17) is 23.2 Å². The first kappa shape index (κ1) is 16.1. The number of amides is 1. The van der Waals surface area contributed by atoms with E-state index in [1.165, 1.54) is 0 Å². The summed E-state index contributed by atoms with van der Waals surface area (Å²) >= 11 is 11.6. The lowest BCUT2D eigenvalue weighted by Gasteiger charge is -2.28. The molecule has 0 aliphatic carbocycles. The minimum Gasteiger partial charge on any atom is -0.348 e. The molecule has 0 spiro atoms. The normalized spacial score (nSPS) is 13.6. The van der Waals surface area contributed by atoms with Crippen LogP contribution < -0.4 is 5.32 Å². The fourth-order valence-electron chi connectivity index (χ4n) is 1.47. The van der Waals surface area contributed by atoms with Gasteiger partial charge in [0, 0.05) is 17.7 Å². The minimum atomic E-state index is -0.486. The zero-order chi connectivity index (χ0) is 12.6. The molecule has 0 bridgehead atoms. The van der Waals surface area contributed by atoms with Crippen LogP contribution in [0.5, 0.6) is 0 Å². The van der Waals surface area contributed by atoms with Crippen LogP contribution >= 0.6 is 23.2 Å². The van der Waals surface area contributed by atoms with Crippen LogP contribution in [0.4, 0.5) is 0 Å². The van der Waals surface area contributed by atoms with Crippen molar-refractivity contribution in [2.24, 2.45) is 5.92 Å². The van der Waals surface area contributed by atoms with E-state index in [-0.39, 0.29) is 11.8 Å². The van der Waals surface area contributed by atoms with Crippen LogP contribution in [0.2, 0.25) is 0 Å². The summed E-state index contributed by atoms with van der Waals surface area (Å²) < 4.78 is 0. The van der Waals surface area contributed by atoms with Gasteiger partial charge in [0.1, 0.15) is 0 Å². The van der Waals surface area contributed by atoms with Gasteiger partial charge < -0.3 is 5.32 Å². The lowest BCUT2D eigenvalue weighted by Crippen LogP contribution is -2.51. The maximum Gasteiger partial charge on any atom is 0.223 e. The highest BCUT2D eigenvalue weighted by Crippen LogP contribution is 2.16. The zero-order valence-electron chi connectivity index (χ0n) is 10.5. The van der Waals surface area contributed by atoms with Gasteiger partial charge in [-0.2, -0.15) is 0 Å². The summed E-state index contributed by atoms with van der Waals surface area (Å²) in [6, 6.07) is 0. The molecule has 1 atom stereocenters. The number of alkyl halides is 2. The predicted octanol–water partition coefficient (Wildman–Crippen LogP) is 3.56. The third-order valence-corrected chi connectivity index (χ3v) is 3.96. The number of hydrogen-bond donors (Lipinski definition) is 1. The molecule has 0 heterocycles. The molecule has 96 valence electrons. The average molecular weight is 268 g/mol. The number of hydrogen-bond acceptors (Lipinski definition) is 1. The standard InChI is InChI=1S/C12H23Cl2NO/c1-4-6-7-10(5-2)11(16)15-12(3,8-13)9-14/h10H,4-9H2,1-3H3,(H,15,16). The van der Waals surface area contributed by atoms with Gasteiger partial charge in [-0.05, 0) is 19.8 Å². The van der Waals surface area contributed by atoms with Crippen LogP contribution in [0.1, 0.15) is 46.5 Å². The Morgan fingerprint density at radius 3 is 2.25 bits per heavy atom. The number of carbonyl (C=O) groups is 1. The van der Waals surface area contributed by atoms with Gasteiger partial charge in [-0.15, -0.1) is 23.2 Å². The van der Waals surface area contributed by atoms with E-state index in [0.29, 0.717) is 11.8 Å². The molecule has 4 heteroatoms. The second-order valence-electron chi connectivity index (χ2n) is 4.56. The molecule has 0 saturated carbocycles. The molecule has 0 aromatic rings. The van der Waals surface area contributed by atoms with E-state index >= 15 is 0 Å². The molecular weight excluding hydrogens is 245 g/mol. The van der Waals surface area contributed by atoms with Crippen molar-refractivity contribution in [3.8, 4) is 0 Å². The highest BCUT2D eigenvalue weighted by Gasteiger charge is 2.27. The lowest BCUT2D eigenvalue weighted by atomic mass is 9.97. The van der Waals surface area contributed by atoms with Crippen molar-refractivity contribution in [2.45, 2.75) is 52.0 Å². The molecule has 1 unspecified atom stereocenters. The molecule has 0 aromatic carbocycles. The van der Waals surface area contributed by atoms with Crippen molar-refractivity contribution in [1.82, 2.24) is 5.32 Å². The molecule has 0 aliphatic rings. The number of rotatable bonds is 8. The highest BCUT2D eigenvalue weighted by molar-refractivity contribution is 6.22. The van der Waals surface area contributed by atoms with Crippen molar-refractivity contribution >= 4 is 29.1 Å². The first-order chi connectivity index (χ1) is 7.52. The van der Waals surface area contributed by atoms with Crippen LogP contribution in [0.3, 0.4) is 0 Å². The van der Waals surface area contributed by atoms with Crippen molar-refractivity contribution < 1.29 is 4.79 Å². The van der Waals surface area contributed by atoms with E-state index in [1.807, 2.05) is 13.8 Å². The van der Waals surface area contributed by atoms with Gasteiger partial charge in [-0.25, -0.2) is 0 Å². The summed E-state index contributed by atoms with van der Waals surface area (Å²) in [5.74, 6) is 0.851. The molecule has 0 aliphatic heterocycles. The quantitative estimate of drug-likeness (QED) is 0.670. The fraction of sp³-hybridized carbons (Fsp3) is 0.917. The Kier molecular flexibility index (Phi) is 8.21. The van der Waals surface area contributed by atoms with Gasteiger partial charge in [0.15, 0.2) is 0 Å². The van der Waals surface area contributed by atoms with Crippen molar-refractivity contribution in [3.63, 3.8) is 0 Å². The topological polar surface area (TPSA) is 29.1 Å². The summed E-state index contributed by atoms with van der Waals surface area (Å²) in [6.07, 6.45) is 4.02.